The third-order valence-corrected chi connectivity index (χ3v) is 3.29. The van der Waals surface area contributed by atoms with Gasteiger partial charge in [-0.3, -0.25) is 4.90 Å². The Morgan fingerprint density at radius 2 is 2.06 bits per heavy atom. The molecule has 2 atom stereocenters. The van der Waals surface area contributed by atoms with E-state index in [4.69, 9.17) is 5.73 Å². The van der Waals surface area contributed by atoms with Gasteiger partial charge in [0.15, 0.2) is 0 Å². The van der Waals surface area contributed by atoms with Crippen LogP contribution in [0.1, 0.15) is 12.5 Å². The number of rotatable bonds is 3. The van der Waals surface area contributed by atoms with Gasteiger partial charge in [0.05, 0.1) is 0 Å². The molecule has 17 heavy (non-hydrogen) atoms. The van der Waals surface area contributed by atoms with E-state index in [0.29, 0.717) is 12.0 Å². The van der Waals surface area contributed by atoms with E-state index in [1.54, 1.807) is 12.1 Å². The zero-order chi connectivity index (χ0) is 12.3. The first-order valence-corrected chi connectivity index (χ1v) is 6.05. The summed E-state index contributed by atoms with van der Waals surface area (Å²) in [6.07, 6.45) is 4.13. The maximum Gasteiger partial charge on any atom is 0.123 e. The second-order valence-electron chi connectivity index (χ2n) is 4.81. The largest absolute Gasteiger partial charge is 0.326 e. The van der Waals surface area contributed by atoms with Gasteiger partial charge in [-0.25, -0.2) is 4.39 Å². The molecule has 2 nitrogen and oxygen atoms in total. The maximum atomic E-state index is 12.7. The fraction of sp³-hybridized carbons (Fsp3) is 0.429. The second kappa shape index (κ2) is 5.43. The van der Waals surface area contributed by atoms with E-state index >= 15 is 0 Å². The molecule has 0 bridgehead atoms. The molecule has 0 aliphatic carbocycles. The number of hydrogen-bond acceptors (Lipinski definition) is 2. The Morgan fingerprint density at radius 3 is 2.65 bits per heavy atom. The predicted octanol–water partition coefficient (Wildman–Crippen LogP) is 2.12. The molecule has 2 N–H and O–H groups in total. The molecule has 0 aromatic heterocycles. The SMILES string of the molecule is CC1CN(C/C=C/c2ccc(F)cc2)CC1N. The van der Waals surface area contributed by atoms with Crippen molar-refractivity contribution in [2.75, 3.05) is 19.6 Å². The number of nitrogens with two attached hydrogens (primary N) is 1. The van der Waals surface area contributed by atoms with Crippen molar-refractivity contribution in [1.82, 2.24) is 4.90 Å². The third-order valence-electron chi connectivity index (χ3n) is 3.29. The normalized spacial score (nSPS) is 25.8. The first kappa shape index (κ1) is 12.3. The summed E-state index contributed by atoms with van der Waals surface area (Å²) in [6, 6.07) is 6.82. The molecule has 0 radical (unpaired) electrons. The van der Waals surface area contributed by atoms with Crippen LogP contribution < -0.4 is 5.73 Å². The number of hydrogen-bond donors (Lipinski definition) is 1. The molecule has 0 spiro atoms. The van der Waals surface area contributed by atoms with E-state index in [2.05, 4.69) is 17.9 Å². The van der Waals surface area contributed by atoms with Crippen molar-refractivity contribution in [1.29, 1.82) is 0 Å². The summed E-state index contributed by atoms with van der Waals surface area (Å²) in [5, 5.41) is 0. The van der Waals surface area contributed by atoms with Gasteiger partial charge in [-0.05, 0) is 23.6 Å². The van der Waals surface area contributed by atoms with Gasteiger partial charge in [0, 0.05) is 25.7 Å². The molecule has 1 heterocycles. The molecule has 1 aromatic carbocycles. The lowest BCUT2D eigenvalue weighted by Crippen LogP contribution is -2.28. The molecular formula is C14H19FN2. The van der Waals surface area contributed by atoms with Crippen molar-refractivity contribution in [3.05, 3.63) is 41.7 Å². The molecule has 1 aliphatic rings. The minimum atomic E-state index is -0.193. The van der Waals surface area contributed by atoms with Gasteiger partial charge in [0.1, 0.15) is 5.82 Å². The summed E-state index contributed by atoms with van der Waals surface area (Å²) in [4.78, 5) is 2.34. The van der Waals surface area contributed by atoms with Crippen LogP contribution in [-0.2, 0) is 0 Å². The van der Waals surface area contributed by atoms with Crippen molar-refractivity contribution in [2.24, 2.45) is 11.7 Å². The van der Waals surface area contributed by atoms with Gasteiger partial charge in [0.25, 0.3) is 0 Å². The Bertz CT molecular complexity index is 376. The zero-order valence-electron chi connectivity index (χ0n) is 10.1. The minimum Gasteiger partial charge on any atom is -0.326 e. The maximum absolute atomic E-state index is 12.7. The molecule has 92 valence electrons. The van der Waals surface area contributed by atoms with E-state index in [0.717, 1.165) is 25.2 Å². The summed E-state index contributed by atoms with van der Waals surface area (Å²) in [5.41, 5.74) is 6.99. The summed E-state index contributed by atoms with van der Waals surface area (Å²) >= 11 is 0. The second-order valence-corrected chi connectivity index (χ2v) is 4.81. The van der Waals surface area contributed by atoms with Gasteiger partial charge >= 0.3 is 0 Å². The van der Waals surface area contributed by atoms with E-state index in [-0.39, 0.29) is 5.82 Å². The minimum absolute atomic E-state index is 0.193. The van der Waals surface area contributed by atoms with Crippen LogP contribution in [0.25, 0.3) is 6.08 Å². The monoisotopic (exact) mass is 234 g/mol. The fourth-order valence-corrected chi connectivity index (χ4v) is 2.16. The van der Waals surface area contributed by atoms with Crippen molar-refractivity contribution in [3.63, 3.8) is 0 Å². The number of likely N-dealkylation sites (tertiary alicyclic amines) is 1. The number of benzene rings is 1. The molecule has 1 aliphatic heterocycles. The molecule has 2 rings (SSSR count). The van der Waals surface area contributed by atoms with Crippen LogP contribution in [0, 0.1) is 11.7 Å². The van der Waals surface area contributed by atoms with E-state index < -0.39 is 0 Å². The van der Waals surface area contributed by atoms with Gasteiger partial charge in [-0.1, -0.05) is 31.2 Å². The Kier molecular flexibility index (Phi) is 3.92. The third kappa shape index (κ3) is 3.38. The highest BCUT2D eigenvalue weighted by molar-refractivity contribution is 5.48. The van der Waals surface area contributed by atoms with Crippen molar-refractivity contribution < 1.29 is 4.39 Å². The standard InChI is InChI=1S/C14H19FN2/c1-11-9-17(10-14(11)16)8-2-3-12-4-6-13(15)7-5-12/h2-7,11,14H,8-10,16H2,1H3/b3-2+. The van der Waals surface area contributed by atoms with Crippen molar-refractivity contribution in [2.45, 2.75) is 13.0 Å². The highest BCUT2D eigenvalue weighted by Gasteiger charge is 2.25. The smallest absolute Gasteiger partial charge is 0.123 e. The van der Waals surface area contributed by atoms with Gasteiger partial charge in [0.2, 0.25) is 0 Å². The molecule has 2 unspecified atom stereocenters. The van der Waals surface area contributed by atoms with E-state index in [9.17, 15) is 4.39 Å². The molecule has 0 saturated carbocycles. The molecular weight excluding hydrogens is 215 g/mol. The fourth-order valence-electron chi connectivity index (χ4n) is 2.16. The Balaban J connectivity index is 1.84. The van der Waals surface area contributed by atoms with Crippen molar-refractivity contribution in [3.8, 4) is 0 Å². The summed E-state index contributed by atoms with van der Waals surface area (Å²) in [7, 11) is 0. The average Bonchev–Trinajstić information content (AvgIpc) is 2.61. The lowest BCUT2D eigenvalue weighted by atomic mass is 10.1. The van der Waals surface area contributed by atoms with Crippen LogP contribution in [0.2, 0.25) is 0 Å². The van der Waals surface area contributed by atoms with Crippen LogP contribution in [0.15, 0.2) is 30.3 Å². The quantitative estimate of drug-likeness (QED) is 0.868. The molecule has 3 heteroatoms. The van der Waals surface area contributed by atoms with Crippen LogP contribution in [0.4, 0.5) is 4.39 Å². The van der Waals surface area contributed by atoms with E-state index in [1.807, 2.05) is 6.08 Å². The highest BCUT2D eigenvalue weighted by atomic mass is 19.1. The molecule has 1 aromatic rings. The topological polar surface area (TPSA) is 29.3 Å². The summed E-state index contributed by atoms with van der Waals surface area (Å²) in [5.74, 6) is 0.385. The zero-order valence-corrected chi connectivity index (χ0v) is 10.1. The lowest BCUT2D eigenvalue weighted by molar-refractivity contribution is 0.363. The summed E-state index contributed by atoms with van der Waals surface area (Å²) < 4.78 is 12.7. The van der Waals surface area contributed by atoms with Crippen LogP contribution in [-0.4, -0.2) is 30.6 Å². The Hall–Kier alpha value is -1.19. The van der Waals surface area contributed by atoms with Crippen LogP contribution in [0.5, 0.6) is 0 Å². The lowest BCUT2D eigenvalue weighted by Gasteiger charge is -2.11. The highest BCUT2D eigenvalue weighted by Crippen LogP contribution is 2.14. The van der Waals surface area contributed by atoms with Crippen molar-refractivity contribution >= 4 is 6.08 Å². The van der Waals surface area contributed by atoms with Gasteiger partial charge < -0.3 is 5.73 Å². The van der Waals surface area contributed by atoms with Crippen LogP contribution in [0.3, 0.4) is 0 Å². The first-order chi connectivity index (χ1) is 8.15. The first-order valence-electron chi connectivity index (χ1n) is 6.05. The molecule has 1 fully saturated rings. The molecule has 0 amide bonds. The number of halogens is 1. The predicted molar refractivity (Wildman–Crippen MR) is 69.0 cm³/mol. The Labute approximate surface area is 102 Å². The molecule has 1 saturated heterocycles. The Morgan fingerprint density at radius 1 is 1.35 bits per heavy atom. The number of nitrogens with zero attached hydrogens (tertiary/aromatic N) is 1. The summed E-state index contributed by atoms with van der Waals surface area (Å²) in [6.45, 7) is 5.13. The average molecular weight is 234 g/mol. The van der Waals surface area contributed by atoms with Gasteiger partial charge in [-0.15, -0.1) is 0 Å². The van der Waals surface area contributed by atoms with Gasteiger partial charge in [-0.2, -0.15) is 0 Å². The van der Waals surface area contributed by atoms with E-state index in [1.165, 1.54) is 12.1 Å². The van der Waals surface area contributed by atoms with Crippen LogP contribution >= 0.6 is 0 Å².